The molecule has 29 heavy (non-hydrogen) atoms. The largest absolute Gasteiger partial charge is 0.493 e. The molecule has 1 aliphatic rings. The van der Waals surface area contributed by atoms with Crippen LogP contribution in [0.15, 0.2) is 53.4 Å². The lowest BCUT2D eigenvalue weighted by Gasteiger charge is -2.23. The van der Waals surface area contributed by atoms with Gasteiger partial charge in [0, 0.05) is 12.0 Å². The fraction of sp³-hybridized carbons (Fsp3) is 0.190. The molecule has 0 aromatic heterocycles. The Morgan fingerprint density at radius 1 is 1.17 bits per heavy atom. The molecule has 3 rings (SSSR count). The van der Waals surface area contributed by atoms with E-state index in [2.05, 4.69) is 0 Å². The smallest absolute Gasteiger partial charge is 0.327 e. The predicted molar refractivity (Wildman–Crippen MR) is 116 cm³/mol. The van der Waals surface area contributed by atoms with Crippen molar-refractivity contribution in [2.45, 2.75) is 12.5 Å². The van der Waals surface area contributed by atoms with Crippen molar-refractivity contribution in [3.8, 4) is 11.5 Å². The summed E-state index contributed by atoms with van der Waals surface area (Å²) in [4.78, 5) is 26.4. The first-order valence-corrected chi connectivity index (χ1v) is 9.93. The summed E-state index contributed by atoms with van der Waals surface area (Å²) in [6.45, 7) is 0. The molecule has 1 fully saturated rings. The van der Waals surface area contributed by atoms with Crippen LogP contribution >= 0.6 is 24.0 Å². The molecule has 6 nitrogen and oxygen atoms in total. The molecule has 150 valence electrons. The number of rotatable bonds is 7. The number of aliphatic carboxylic acids is 1. The van der Waals surface area contributed by atoms with E-state index in [0.717, 1.165) is 17.3 Å². The number of methoxy groups -OCH3 is 2. The van der Waals surface area contributed by atoms with Crippen LogP contribution in [-0.4, -0.2) is 46.5 Å². The van der Waals surface area contributed by atoms with Gasteiger partial charge in [0.1, 0.15) is 10.4 Å². The Morgan fingerprint density at radius 2 is 1.90 bits per heavy atom. The summed E-state index contributed by atoms with van der Waals surface area (Å²) in [7, 11) is 3.04. The lowest BCUT2D eigenvalue weighted by atomic mass is 10.0. The third-order valence-corrected chi connectivity index (χ3v) is 5.74. The predicted octanol–water partition coefficient (Wildman–Crippen LogP) is 3.60. The highest BCUT2D eigenvalue weighted by atomic mass is 32.2. The van der Waals surface area contributed by atoms with Crippen molar-refractivity contribution >= 4 is 46.3 Å². The maximum absolute atomic E-state index is 13.0. The SMILES string of the molecule is COc1cccc(/C=C2/SC(=S)N(C(Cc3ccccc3)C(=O)O)C2=O)c1OC. The van der Waals surface area contributed by atoms with Crippen molar-refractivity contribution in [3.05, 3.63) is 64.6 Å². The van der Waals surface area contributed by atoms with Crippen molar-refractivity contribution < 1.29 is 24.2 Å². The van der Waals surface area contributed by atoms with Gasteiger partial charge in [-0.25, -0.2) is 4.79 Å². The summed E-state index contributed by atoms with van der Waals surface area (Å²) < 4.78 is 10.9. The maximum atomic E-state index is 13.0. The normalized spacial score (nSPS) is 16.2. The van der Waals surface area contributed by atoms with Crippen molar-refractivity contribution in [2.24, 2.45) is 0 Å². The second-order valence-corrected chi connectivity index (χ2v) is 7.85. The standard InChI is InChI=1S/C21H19NO5S2/c1-26-16-10-6-9-14(18(16)27-2)12-17-19(23)22(21(28)29-17)15(20(24)25)11-13-7-4-3-5-8-13/h3-10,12,15H,11H2,1-2H3,(H,24,25)/b17-12+. The average molecular weight is 430 g/mol. The van der Waals surface area contributed by atoms with Crippen LogP contribution in [0.2, 0.25) is 0 Å². The van der Waals surface area contributed by atoms with Gasteiger partial charge in [0.25, 0.3) is 5.91 Å². The number of carbonyl (C=O) groups is 2. The van der Waals surface area contributed by atoms with Crippen LogP contribution in [-0.2, 0) is 16.0 Å². The van der Waals surface area contributed by atoms with Gasteiger partial charge in [-0.2, -0.15) is 0 Å². The third-order valence-electron chi connectivity index (χ3n) is 4.41. The number of thioether (sulfide) groups is 1. The molecule has 8 heteroatoms. The van der Waals surface area contributed by atoms with Crippen molar-refractivity contribution in [1.29, 1.82) is 0 Å². The van der Waals surface area contributed by atoms with Crippen molar-refractivity contribution in [1.82, 2.24) is 4.90 Å². The van der Waals surface area contributed by atoms with E-state index < -0.39 is 17.9 Å². The molecular formula is C21H19NO5S2. The fourth-order valence-electron chi connectivity index (χ4n) is 3.04. The van der Waals surface area contributed by atoms with Crippen LogP contribution in [0.1, 0.15) is 11.1 Å². The molecule has 1 atom stereocenters. The van der Waals surface area contributed by atoms with E-state index in [0.29, 0.717) is 22.0 Å². The number of carboxylic acids is 1. The van der Waals surface area contributed by atoms with Crippen LogP contribution in [0.25, 0.3) is 6.08 Å². The number of hydrogen-bond donors (Lipinski definition) is 1. The zero-order chi connectivity index (χ0) is 21.0. The minimum Gasteiger partial charge on any atom is -0.493 e. The Balaban J connectivity index is 1.93. The Morgan fingerprint density at radius 3 is 2.52 bits per heavy atom. The zero-order valence-corrected chi connectivity index (χ0v) is 17.5. The lowest BCUT2D eigenvalue weighted by Crippen LogP contribution is -2.45. The molecule has 1 heterocycles. The highest BCUT2D eigenvalue weighted by Crippen LogP contribution is 2.38. The van der Waals surface area contributed by atoms with Crippen molar-refractivity contribution in [3.63, 3.8) is 0 Å². The van der Waals surface area contributed by atoms with E-state index in [1.165, 1.54) is 19.1 Å². The number of ether oxygens (including phenoxy) is 2. The van der Waals surface area contributed by atoms with E-state index in [4.69, 9.17) is 21.7 Å². The van der Waals surface area contributed by atoms with Gasteiger partial charge in [-0.15, -0.1) is 0 Å². The first-order valence-electron chi connectivity index (χ1n) is 8.71. The van der Waals surface area contributed by atoms with Crippen LogP contribution in [0.3, 0.4) is 0 Å². The number of nitrogens with zero attached hydrogens (tertiary/aromatic N) is 1. The number of hydrogen-bond acceptors (Lipinski definition) is 6. The molecular weight excluding hydrogens is 410 g/mol. The quantitative estimate of drug-likeness (QED) is 0.532. The maximum Gasteiger partial charge on any atom is 0.327 e. The molecule has 1 unspecified atom stereocenters. The number of amides is 1. The summed E-state index contributed by atoms with van der Waals surface area (Å²) in [5.74, 6) is -0.526. The highest BCUT2D eigenvalue weighted by Gasteiger charge is 2.40. The second-order valence-electron chi connectivity index (χ2n) is 6.18. The third kappa shape index (κ3) is 4.44. The molecule has 0 aliphatic carbocycles. The number of thiocarbonyl (C=S) groups is 1. The topological polar surface area (TPSA) is 76.1 Å². The summed E-state index contributed by atoms with van der Waals surface area (Å²) >= 11 is 6.42. The Labute approximate surface area is 178 Å². The summed E-state index contributed by atoms with van der Waals surface area (Å²) in [5.41, 5.74) is 1.45. The van der Waals surface area contributed by atoms with Gasteiger partial charge in [0.15, 0.2) is 11.5 Å². The summed E-state index contributed by atoms with van der Waals surface area (Å²) in [5, 5.41) is 9.74. The summed E-state index contributed by atoms with van der Waals surface area (Å²) in [6, 6.07) is 13.4. The van der Waals surface area contributed by atoms with Gasteiger partial charge in [-0.1, -0.05) is 66.4 Å². The number of carbonyl (C=O) groups excluding carboxylic acids is 1. The fourth-order valence-corrected chi connectivity index (χ4v) is 4.39. The highest BCUT2D eigenvalue weighted by molar-refractivity contribution is 8.26. The molecule has 2 aromatic rings. The second kappa shape index (κ2) is 9.11. The first-order chi connectivity index (χ1) is 14.0. The van der Waals surface area contributed by atoms with Crippen LogP contribution in [0.4, 0.5) is 0 Å². The molecule has 0 spiro atoms. The van der Waals surface area contributed by atoms with Gasteiger partial charge in [0.05, 0.1) is 19.1 Å². The monoisotopic (exact) mass is 429 g/mol. The van der Waals surface area contributed by atoms with E-state index in [-0.39, 0.29) is 10.7 Å². The Hall–Kier alpha value is -2.84. The van der Waals surface area contributed by atoms with Gasteiger partial charge in [0.2, 0.25) is 0 Å². The molecule has 0 saturated carbocycles. The molecule has 1 aliphatic heterocycles. The first kappa shape index (κ1) is 20.9. The van der Waals surface area contributed by atoms with Crippen molar-refractivity contribution in [2.75, 3.05) is 14.2 Å². The molecule has 0 bridgehead atoms. The van der Waals surface area contributed by atoms with E-state index in [1.54, 1.807) is 24.3 Å². The lowest BCUT2D eigenvalue weighted by molar-refractivity contribution is -0.145. The summed E-state index contributed by atoms with van der Waals surface area (Å²) in [6.07, 6.45) is 1.81. The number of carboxylic acid groups (broad SMARTS) is 1. The van der Waals surface area contributed by atoms with Gasteiger partial charge in [-0.3, -0.25) is 9.69 Å². The van der Waals surface area contributed by atoms with E-state index in [1.807, 2.05) is 30.3 Å². The van der Waals surface area contributed by atoms with Crippen LogP contribution in [0, 0.1) is 0 Å². The zero-order valence-electron chi connectivity index (χ0n) is 15.8. The van der Waals surface area contributed by atoms with Gasteiger partial charge < -0.3 is 14.6 Å². The van der Waals surface area contributed by atoms with Gasteiger partial charge in [-0.05, 0) is 17.7 Å². The molecule has 0 radical (unpaired) electrons. The Bertz CT molecular complexity index is 974. The van der Waals surface area contributed by atoms with E-state index >= 15 is 0 Å². The molecule has 1 saturated heterocycles. The molecule has 1 N–H and O–H groups in total. The van der Waals surface area contributed by atoms with Crippen LogP contribution < -0.4 is 9.47 Å². The Kier molecular flexibility index (Phi) is 6.56. The average Bonchev–Trinajstić information content (AvgIpc) is 2.99. The molecule has 2 aromatic carbocycles. The molecule has 1 amide bonds. The van der Waals surface area contributed by atoms with Crippen LogP contribution in [0.5, 0.6) is 11.5 Å². The van der Waals surface area contributed by atoms with E-state index in [9.17, 15) is 14.7 Å². The minimum absolute atomic E-state index is 0.165. The number of para-hydroxylation sites is 1. The number of benzene rings is 2. The van der Waals surface area contributed by atoms with Gasteiger partial charge >= 0.3 is 5.97 Å². The minimum atomic E-state index is -1.11.